The molecule has 0 radical (unpaired) electrons. The minimum atomic E-state index is -4.67. The van der Waals surface area contributed by atoms with Gasteiger partial charge in [0.1, 0.15) is 11.6 Å². The lowest BCUT2D eigenvalue weighted by Gasteiger charge is -2.37. The predicted octanol–water partition coefficient (Wildman–Crippen LogP) is 3.37. The summed E-state index contributed by atoms with van der Waals surface area (Å²) in [6.07, 6.45) is -2.96. The summed E-state index contributed by atoms with van der Waals surface area (Å²) in [6, 6.07) is 18.6. The van der Waals surface area contributed by atoms with Crippen molar-refractivity contribution in [1.29, 1.82) is 0 Å². The minimum Gasteiger partial charge on any atom is -0.350 e. The summed E-state index contributed by atoms with van der Waals surface area (Å²) in [7, 11) is 0. The number of likely N-dealkylation sites (N-methyl/N-ethyl adjacent to an activating group) is 1. The zero-order valence-electron chi connectivity index (χ0n) is 24.6. The highest BCUT2D eigenvalue weighted by Crippen LogP contribution is 2.75. The third kappa shape index (κ3) is 5.03. The number of rotatable bonds is 8. The molecule has 8 nitrogen and oxygen atoms in total. The zero-order chi connectivity index (χ0) is 32.4. The van der Waals surface area contributed by atoms with E-state index in [1.165, 1.54) is 35.2 Å². The van der Waals surface area contributed by atoms with Crippen molar-refractivity contribution in [3.05, 3.63) is 102 Å². The van der Waals surface area contributed by atoms with Crippen LogP contribution in [-0.2, 0) is 22.3 Å². The van der Waals surface area contributed by atoms with Gasteiger partial charge >= 0.3 is 6.18 Å². The van der Waals surface area contributed by atoms with E-state index in [4.69, 9.17) is 5.10 Å². The van der Waals surface area contributed by atoms with E-state index in [0.717, 1.165) is 31.0 Å². The van der Waals surface area contributed by atoms with Crippen molar-refractivity contribution in [3.8, 4) is 5.69 Å². The number of fused-ring (bicyclic) bond motifs is 2. The molecule has 2 aliphatic carbocycles. The molecule has 3 aliphatic rings. The SMILES string of the molecule is CCN1C(=O)[C@@H](NC(=O)c2cccc(C(F)(F)F)c2)B(c2ccc(F)cc2)c2c(CNC(=O)C34CC3C4)nn(-c3ccccc3)c21. The van der Waals surface area contributed by atoms with E-state index in [1.54, 1.807) is 11.6 Å². The normalized spacial score (nSPS) is 21.4. The number of hydrogen-bond acceptors (Lipinski definition) is 4. The van der Waals surface area contributed by atoms with Crippen LogP contribution in [0.1, 0.15) is 41.4 Å². The molecule has 234 valence electrons. The average Bonchev–Trinajstić information content (AvgIpc) is 3.91. The summed E-state index contributed by atoms with van der Waals surface area (Å²) in [5.41, 5.74) is 0.527. The Morgan fingerprint density at radius 2 is 1.72 bits per heavy atom. The maximum atomic E-state index is 14.3. The Bertz CT molecular complexity index is 1860. The van der Waals surface area contributed by atoms with Gasteiger partial charge in [-0.25, -0.2) is 9.07 Å². The molecule has 1 aliphatic heterocycles. The highest BCUT2D eigenvalue weighted by Gasteiger charge is 2.74. The van der Waals surface area contributed by atoms with E-state index < -0.39 is 42.0 Å². The third-order valence-electron chi connectivity index (χ3n) is 9.24. The molecular weight excluding hydrogens is 601 g/mol. The summed E-state index contributed by atoms with van der Waals surface area (Å²) >= 11 is 0. The summed E-state index contributed by atoms with van der Waals surface area (Å²) in [4.78, 5) is 42.3. The lowest BCUT2D eigenvalue weighted by atomic mass is 9.34. The van der Waals surface area contributed by atoms with Crippen molar-refractivity contribution in [3.63, 3.8) is 0 Å². The number of alkyl halides is 3. The fourth-order valence-electron chi connectivity index (χ4n) is 6.46. The van der Waals surface area contributed by atoms with E-state index in [-0.39, 0.29) is 30.0 Å². The van der Waals surface area contributed by atoms with Crippen LogP contribution in [0.15, 0.2) is 78.9 Å². The van der Waals surface area contributed by atoms with Crippen LogP contribution in [0, 0.1) is 17.2 Å². The molecule has 46 heavy (non-hydrogen) atoms. The van der Waals surface area contributed by atoms with Crippen LogP contribution in [0.25, 0.3) is 5.69 Å². The van der Waals surface area contributed by atoms with Gasteiger partial charge in [0.2, 0.25) is 11.8 Å². The molecule has 2 N–H and O–H groups in total. The molecule has 0 unspecified atom stereocenters. The number of anilines is 1. The molecule has 1 aromatic heterocycles. The third-order valence-corrected chi connectivity index (χ3v) is 9.24. The molecule has 13 heteroatoms. The van der Waals surface area contributed by atoms with Crippen molar-refractivity contribution in [2.45, 2.75) is 38.4 Å². The fourth-order valence-corrected chi connectivity index (χ4v) is 6.46. The number of hydrogen-bond donors (Lipinski definition) is 2. The Kier molecular flexibility index (Phi) is 7.02. The van der Waals surface area contributed by atoms with Crippen LogP contribution in [-0.4, -0.2) is 46.7 Å². The second kappa shape index (κ2) is 10.9. The van der Waals surface area contributed by atoms with Gasteiger partial charge in [0.05, 0.1) is 34.8 Å². The first kappa shape index (κ1) is 29.8. The predicted molar refractivity (Wildman–Crippen MR) is 163 cm³/mol. The fraction of sp³-hybridized carbons (Fsp3) is 0.273. The van der Waals surface area contributed by atoms with E-state index in [0.29, 0.717) is 34.0 Å². The maximum absolute atomic E-state index is 14.3. The zero-order valence-corrected chi connectivity index (χ0v) is 24.6. The van der Waals surface area contributed by atoms with Gasteiger partial charge in [0.25, 0.3) is 12.6 Å². The molecule has 3 aromatic carbocycles. The standard InChI is InChI=1S/C33H28BF4N5O3/c1-2-42-29-26(25(18-39-31(46)32-16-21(32)17-32)41-43(29)24-9-4-3-5-10-24)34(22-11-13-23(35)14-12-22)27(30(42)45)40-28(44)19-7-6-8-20(15-19)33(36,37)38/h3-15,21,27H,2,16-18H2,1H3,(H,39,46)(H,40,44)/t21?,27-,32?/m1/s1. The first-order valence-corrected chi connectivity index (χ1v) is 15.0. The number of para-hydroxylation sites is 1. The monoisotopic (exact) mass is 629 g/mol. The van der Waals surface area contributed by atoms with Crippen molar-refractivity contribution in [2.75, 3.05) is 11.4 Å². The van der Waals surface area contributed by atoms with Crippen LogP contribution in [0.5, 0.6) is 0 Å². The van der Waals surface area contributed by atoms with Crippen LogP contribution in [0.4, 0.5) is 23.4 Å². The molecule has 2 saturated carbocycles. The Morgan fingerprint density at radius 1 is 1.02 bits per heavy atom. The number of halogens is 4. The first-order valence-electron chi connectivity index (χ1n) is 15.0. The van der Waals surface area contributed by atoms with Crippen molar-refractivity contribution < 1.29 is 31.9 Å². The van der Waals surface area contributed by atoms with E-state index in [2.05, 4.69) is 10.6 Å². The van der Waals surface area contributed by atoms with Gasteiger partial charge in [-0.1, -0.05) is 41.9 Å². The molecule has 1 atom stereocenters. The van der Waals surface area contributed by atoms with Crippen molar-refractivity contribution in [1.82, 2.24) is 20.4 Å². The second-order valence-electron chi connectivity index (χ2n) is 12.0. The highest BCUT2D eigenvalue weighted by atomic mass is 19.4. The molecule has 0 saturated heterocycles. The summed E-state index contributed by atoms with van der Waals surface area (Å²) in [6.45, 7) is 1.05. The van der Waals surface area contributed by atoms with Gasteiger partial charge in [0, 0.05) is 12.1 Å². The van der Waals surface area contributed by atoms with E-state index in [1.807, 2.05) is 30.3 Å². The number of nitrogens with zero attached hydrogens (tertiary/aromatic N) is 3. The van der Waals surface area contributed by atoms with Crippen LogP contribution in [0.2, 0.25) is 0 Å². The average molecular weight is 629 g/mol. The molecule has 0 bridgehead atoms. The molecule has 4 aromatic rings. The first-order chi connectivity index (χ1) is 22.0. The second-order valence-corrected chi connectivity index (χ2v) is 12.0. The highest BCUT2D eigenvalue weighted by molar-refractivity contribution is 6.91. The largest absolute Gasteiger partial charge is 0.416 e. The minimum absolute atomic E-state index is 0.0349. The number of benzene rings is 3. The van der Waals surface area contributed by atoms with E-state index >= 15 is 0 Å². The van der Waals surface area contributed by atoms with Crippen molar-refractivity contribution >= 4 is 41.2 Å². The molecule has 7 rings (SSSR count). The quantitative estimate of drug-likeness (QED) is 0.231. The lowest BCUT2D eigenvalue weighted by Crippen LogP contribution is -2.69. The Hall–Kier alpha value is -4.94. The van der Waals surface area contributed by atoms with Gasteiger partial charge in [-0.2, -0.15) is 18.3 Å². The summed E-state index contributed by atoms with van der Waals surface area (Å²) in [5.74, 6) is -2.43. The number of aromatic nitrogens is 2. The Balaban J connectivity index is 1.36. The van der Waals surface area contributed by atoms with Crippen LogP contribution >= 0.6 is 0 Å². The van der Waals surface area contributed by atoms with Crippen LogP contribution < -0.4 is 26.5 Å². The molecular formula is C33H28BF4N5O3. The summed E-state index contributed by atoms with van der Waals surface area (Å²) < 4.78 is 56.2. The number of carbonyl (C=O) groups is 3. The Morgan fingerprint density at radius 3 is 2.35 bits per heavy atom. The van der Waals surface area contributed by atoms with Gasteiger partial charge in [-0.05, 0) is 73.6 Å². The molecule has 0 spiro atoms. The van der Waals surface area contributed by atoms with Crippen LogP contribution in [0.3, 0.4) is 0 Å². The lowest BCUT2D eigenvalue weighted by molar-refractivity contribution is -0.137. The summed E-state index contributed by atoms with van der Waals surface area (Å²) in [5, 5.41) is 10.6. The molecule has 3 amide bonds. The number of carbonyl (C=O) groups excluding carboxylic acids is 3. The van der Waals surface area contributed by atoms with Crippen molar-refractivity contribution in [2.24, 2.45) is 11.3 Å². The van der Waals surface area contributed by atoms with Gasteiger partial charge in [-0.3, -0.25) is 19.3 Å². The smallest absolute Gasteiger partial charge is 0.350 e. The number of amides is 3. The van der Waals surface area contributed by atoms with E-state index in [9.17, 15) is 31.9 Å². The Labute approximate surface area is 261 Å². The molecule has 2 fully saturated rings. The maximum Gasteiger partial charge on any atom is 0.416 e. The van der Waals surface area contributed by atoms with Gasteiger partial charge < -0.3 is 10.6 Å². The number of nitrogens with one attached hydrogen (secondary N) is 2. The molecule has 2 heterocycles. The van der Waals surface area contributed by atoms with Gasteiger partial charge in [-0.15, -0.1) is 0 Å². The van der Waals surface area contributed by atoms with Gasteiger partial charge in [0.15, 0.2) is 0 Å². The topological polar surface area (TPSA) is 96.3 Å².